The van der Waals surface area contributed by atoms with Gasteiger partial charge in [-0.1, -0.05) is 37.8 Å². The number of hydrogen-bond donors (Lipinski definition) is 1. The van der Waals surface area contributed by atoms with E-state index >= 15 is 0 Å². The molecule has 5 heteroatoms. The average molecular weight is 250 g/mol. The third-order valence-electron chi connectivity index (χ3n) is 3.72. The van der Waals surface area contributed by atoms with Crippen molar-refractivity contribution in [1.82, 2.24) is 15.0 Å². The van der Waals surface area contributed by atoms with Gasteiger partial charge in [-0.3, -0.25) is 4.79 Å². The summed E-state index contributed by atoms with van der Waals surface area (Å²) in [6.07, 6.45) is 7.41. The van der Waals surface area contributed by atoms with E-state index in [1.165, 1.54) is 25.7 Å². The van der Waals surface area contributed by atoms with E-state index in [4.69, 9.17) is 5.73 Å². The van der Waals surface area contributed by atoms with Gasteiger partial charge >= 0.3 is 0 Å². The maximum atomic E-state index is 11.0. The highest BCUT2D eigenvalue weighted by Crippen LogP contribution is 2.29. The largest absolute Gasteiger partial charge is 0.369 e. The second-order valence-corrected chi connectivity index (χ2v) is 5.18. The normalized spacial score (nSPS) is 15.6. The van der Waals surface area contributed by atoms with E-state index in [1.54, 1.807) is 0 Å². The van der Waals surface area contributed by atoms with Gasteiger partial charge in [-0.05, 0) is 18.8 Å². The number of nitrogens with two attached hydrogens (primary N) is 1. The van der Waals surface area contributed by atoms with Crippen molar-refractivity contribution in [2.75, 3.05) is 0 Å². The molecule has 18 heavy (non-hydrogen) atoms. The van der Waals surface area contributed by atoms with Crippen LogP contribution in [0, 0.1) is 5.92 Å². The number of primary amides is 1. The quantitative estimate of drug-likeness (QED) is 0.796. The van der Waals surface area contributed by atoms with E-state index in [9.17, 15) is 4.79 Å². The Morgan fingerprint density at radius 1 is 1.50 bits per heavy atom. The van der Waals surface area contributed by atoms with Crippen LogP contribution in [0.15, 0.2) is 0 Å². The van der Waals surface area contributed by atoms with E-state index in [0.29, 0.717) is 0 Å². The summed E-state index contributed by atoms with van der Waals surface area (Å²) in [6, 6.07) is 0. The van der Waals surface area contributed by atoms with E-state index in [-0.39, 0.29) is 12.3 Å². The lowest BCUT2D eigenvalue weighted by Crippen LogP contribution is -2.17. The average Bonchev–Trinajstić information content (AvgIpc) is 2.60. The minimum Gasteiger partial charge on any atom is -0.369 e. The molecule has 5 nitrogen and oxygen atoms in total. The van der Waals surface area contributed by atoms with Crippen molar-refractivity contribution in [3.63, 3.8) is 0 Å². The van der Waals surface area contributed by atoms with Gasteiger partial charge in [0.2, 0.25) is 5.91 Å². The van der Waals surface area contributed by atoms with Gasteiger partial charge in [0.05, 0.1) is 17.8 Å². The molecule has 1 heterocycles. The standard InChI is InChI=1S/C13H22N4O/c1-2-4-12-11(9-13(14)18)15-16-17(12)8-7-10-5-3-6-10/h10H,2-9H2,1H3,(H2,14,18). The van der Waals surface area contributed by atoms with Gasteiger partial charge < -0.3 is 5.73 Å². The van der Waals surface area contributed by atoms with Gasteiger partial charge in [0, 0.05) is 6.54 Å². The smallest absolute Gasteiger partial charge is 0.223 e. The van der Waals surface area contributed by atoms with Gasteiger partial charge in [0.25, 0.3) is 0 Å². The first kappa shape index (κ1) is 13.1. The van der Waals surface area contributed by atoms with Gasteiger partial charge in [-0.25, -0.2) is 4.68 Å². The lowest BCUT2D eigenvalue weighted by molar-refractivity contribution is -0.117. The van der Waals surface area contributed by atoms with Crippen LogP contribution in [0.4, 0.5) is 0 Å². The summed E-state index contributed by atoms with van der Waals surface area (Å²) < 4.78 is 1.97. The summed E-state index contributed by atoms with van der Waals surface area (Å²) in [6.45, 7) is 3.04. The molecule has 0 atom stereocenters. The molecule has 2 N–H and O–H groups in total. The Balaban J connectivity index is 2.02. The maximum absolute atomic E-state index is 11.0. The van der Waals surface area contributed by atoms with Crippen LogP contribution in [0.2, 0.25) is 0 Å². The predicted molar refractivity (Wildman–Crippen MR) is 68.9 cm³/mol. The van der Waals surface area contributed by atoms with Crippen LogP contribution in [0.25, 0.3) is 0 Å². The second-order valence-electron chi connectivity index (χ2n) is 5.18. The SMILES string of the molecule is CCCc1c(CC(N)=O)nnn1CCC1CCC1. The zero-order valence-corrected chi connectivity index (χ0v) is 11.1. The molecule has 1 aliphatic rings. The van der Waals surface area contributed by atoms with E-state index in [0.717, 1.165) is 36.7 Å². The molecule has 1 aliphatic carbocycles. The Kier molecular flexibility index (Phi) is 4.33. The second kappa shape index (κ2) is 5.98. The monoisotopic (exact) mass is 250 g/mol. The van der Waals surface area contributed by atoms with Gasteiger partial charge in [-0.15, -0.1) is 5.10 Å². The molecule has 1 saturated carbocycles. The van der Waals surface area contributed by atoms with Crippen molar-refractivity contribution in [2.24, 2.45) is 11.7 Å². The molecule has 0 aromatic carbocycles. The summed E-state index contributed by atoms with van der Waals surface area (Å²) in [7, 11) is 0. The Hall–Kier alpha value is -1.39. The molecule has 0 saturated heterocycles. The fraction of sp³-hybridized carbons (Fsp3) is 0.769. The van der Waals surface area contributed by atoms with Crippen LogP contribution in [-0.4, -0.2) is 20.9 Å². The third-order valence-corrected chi connectivity index (χ3v) is 3.72. The molecule has 0 bridgehead atoms. The molecular formula is C13H22N4O. The summed E-state index contributed by atoms with van der Waals surface area (Å²) in [5, 5.41) is 8.29. The highest BCUT2D eigenvalue weighted by Gasteiger charge is 2.19. The minimum atomic E-state index is -0.335. The Bertz CT molecular complexity index is 409. The molecular weight excluding hydrogens is 228 g/mol. The number of carbonyl (C=O) groups is 1. The van der Waals surface area contributed by atoms with Crippen LogP contribution in [0.1, 0.15) is 50.4 Å². The van der Waals surface area contributed by atoms with E-state index in [2.05, 4.69) is 17.2 Å². The van der Waals surface area contributed by atoms with Crippen molar-refractivity contribution < 1.29 is 4.79 Å². The van der Waals surface area contributed by atoms with Crippen molar-refractivity contribution in [1.29, 1.82) is 0 Å². The topological polar surface area (TPSA) is 73.8 Å². The summed E-state index contributed by atoms with van der Waals surface area (Å²) in [4.78, 5) is 11.0. The van der Waals surface area contributed by atoms with Crippen molar-refractivity contribution in [2.45, 2.75) is 58.4 Å². The van der Waals surface area contributed by atoms with Crippen molar-refractivity contribution >= 4 is 5.91 Å². The summed E-state index contributed by atoms with van der Waals surface area (Å²) in [5.41, 5.74) is 7.09. The summed E-state index contributed by atoms with van der Waals surface area (Å²) in [5.74, 6) is 0.529. The lowest BCUT2D eigenvalue weighted by atomic mass is 9.83. The lowest BCUT2D eigenvalue weighted by Gasteiger charge is -2.25. The number of hydrogen-bond acceptors (Lipinski definition) is 3. The van der Waals surface area contributed by atoms with Gasteiger partial charge in [0.1, 0.15) is 0 Å². The molecule has 1 amide bonds. The van der Waals surface area contributed by atoms with Crippen LogP contribution >= 0.6 is 0 Å². The fourth-order valence-corrected chi connectivity index (χ4v) is 2.45. The highest BCUT2D eigenvalue weighted by atomic mass is 16.1. The molecule has 1 aromatic heterocycles. The van der Waals surface area contributed by atoms with E-state index in [1.807, 2.05) is 4.68 Å². The van der Waals surface area contributed by atoms with Crippen LogP contribution in [-0.2, 0) is 24.2 Å². The van der Waals surface area contributed by atoms with Crippen molar-refractivity contribution in [3.05, 3.63) is 11.4 Å². The zero-order valence-electron chi connectivity index (χ0n) is 11.1. The third kappa shape index (κ3) is 3.09. The first-order chi connectivity index (χ1) is 8.70. The molecule has 100 valence electrons. The number of amides is 1. The van der Waals surface area contributed by atoms with E-state index < -0.39 is 0 Å². The van der Waals surface area contributed by atoms with Gasteiger partial charge in [0.15, 0.2) is 0 Å². The zero-order chi connectivity index (χ0) is 13.0. The van der Waals surface area contributed by atoms with Crippen LogP contribution < -0.4 is 5.73 Å². The maximum Gasteiger partial charge on any atom is 0.223 e. The molecule has 1 aromatic rings. The Morgan fingerprint density at radius 3 is 2.83 bits per heavy atom. The van der Waals surface area contributed by atoms with Crippen LogP contribution in [0.3, 0.4) is 0 Å². The number of aryl methyl sites for hydroxylation is 1. The predicted octanol–water partition coefficient (Wildman–Crippen LogP) is 1.45. The first-order valence-electron chi connectivity index (χ1n) is 6.90. The number of carbonyl (C=O) groups excluding carboxylic acids is 1. The Labute approximate surface area is 108 Å². The minimum absolute atomic E-state index is 0.207. The molecule has 0 radical (unpaired) electrons. The highest BCUT2D eigenvalue weighted by molar-refractivity contribution is 5.76. The Morgan fingerprint density at radius 2 is 2.28 bits per heavy atom. The molecule has 0 unspecified atom stereocenters. The number of nitrogens with zero attached hydrogens (tertiary/aromatic N) is 3. The molecule has 0 aliphatic heterocycles. The molecule has 2 rings (SSSR count). The van der Waals surface area contributed by atoms with Crippen LogP contribution in [0.5, 0.6) is 0 Å². The number of rotatable bonds is 7. The summed E-state index contributed by atoms with van der Waals surface area (Å²) >= 11 is 0. The first-order valence-corrected chi connectivity index (χ1v) is 6.90. The van der Waals surface area contributed by atoms with Crippen molar-refractivity contribution in [3.8, 4) is 0 Å². The number of aromatic nitrogens is 3. The molecule has 0 spiro atoms. The van der Waals surface area contributed by atoms with Gasteiger partial charge in [-0.2, -0.15) is 0 Å². The fourth-order valence-electron chi connectivity index (χ4n) is 2.45. The molecule has 1 fully saturated rings.